The molecule has 6 nitrogen and oxygen atoms in total. The Labute approximate surface area is 158 Å². The predicted octanol–water partition coefficient (Wildman–Crippen LogP) is 3.49. The average Bonchev–Trinajstić information content (AvgIpc) is 2.99. The topological polar surface area (TPSA) is 73.8 Å². The highest BCUT2D eigenvalue weighted by Gasteiger charge is 2.15. The van der Waals surface area contributed by atoms with Crippen molar-refractivity contribution in [2.75, 3.05) is 6.61 Å². The lowest BCUT2D eigenvalue weighted by atomic mass is 10.2. The Morgan fingerprint density at radius 1 is 1.22 bits per heavy atom. The van der Waals surface area contributed by atoms with Crippen LogP contribution in [0.4, 0.5) is 0 Å². The van der Waals surface area contributed by atoms with E-state index in [1.165, 1.54) is 17.6 Å². The van der Waals surface area contributed by atoms with E-state index in [4.69, 9.17) is 9.15 Å². The summed E-state index contributed by atoms with van der Waals surface area (Å²) in [6, 6.07) is 12.5. The average molecular weight is 380 g/mol. The molecule has 0 spiro atoms. The number of amides is 1. The van der Waals surface area contributed by atoms with Crippen molar-refractivity contribution in [3.63, 3.8) is 0 Å². The second-order valence-electron chi connectivity index (χ2n) is 5.87. The SMILES string of the molecule is CCOc1cccc2sc(=NC(=O)c3coc4ccccc4c3=O)n(C)c12. The summed E-state index contributed by atoms with van der Waals surface area (Å²) in [4.78, 5) is 29.9. The van der Waals surface area contributed by atoms with E-state index in [1.54, 1.807) is 28.8 Å². The molecule has 0 aliphatic carbocycles. The number of fused-ring (bicyclic) bond motifs is 2. The molecule has 2 aromatic carbocycles. The van der Waals surface area contributed by atoms with Gasteiger partial charge < -0.3 is 13.7 Å². The fourth-order valence-corrected chi connectivity index (χ4v) is 3.95. The van der Waals surface area contributed by atoms with Crippen molar-refractivity contribution in [3.8, 4) is 5.75 Å². The molecule has 0 aliphatic heterocycles. The summed E-state index contributed by atoms with van der Waals surface area (Å²) in [6.07, 6.45) is 1.18. The molecule has 4 aromatic rings. The van der Waals surface area contributed by atoms with Crippen molar-refractivity contribution >= 4 is 38.4 Å². The third kappa shape index (κ3) is 2.96. The van der Waals surface area contributed by atoms with Gasteiger partial charge in [0, 0.05) is 7.05 Å². The van der Waals surface area contributed by atoms with Crippen LogP contribution in [0.2, 0.25) is 0 Å². The van der Waals surface area contributed by atoms with Crippen molar-refractivity contribution in [2.45, 2.75) is 6.92 Å². The molecule has 2 aromatic heterocycles. The van der Waals surface area contributed by atoms with Gasteiger partial charge in [-0.15, -0.1) is 0 Å². The first-order valence-corrected chi connectivity index (χ1v) is 9.22. The predicted molar refractivity (Wildman–Crippen MR) is 104 cm³/mol. The molecule has 1 amide bonds. The number of ether oxygens (including phenoxy) is 1. The lowest BCUT2D eigenvalue weighted by Gasteiger charge is -2.05. The van der Waals surface area contributed by atoms with E-state index >= 15 is 0 Å². The number of para-hydroxylation sites is 2. The van der Waals surface area contributed by atoms with Crippen LogP contribution in [0, 0.1) is 0 Å². The summed E-state index contributed by atoms with van der Waals surface area (Å²) in [7, 11) is 1.82. The van der Waals surface area contributed by atoms with E-state index in [-0.39, 0.29) is 11.0 Å². The molecule has 0 aliphatic rings. The minimum absolute atomic E-state index is 0.0869. The maximum atomic E-state index is 12.7. The molecule has 0 unspecified atom stereocenters. The van der Waals surface area contributed by atoms with Gasteiger partial charge in [-0.2, -0.15) is 4.99 Å². The summed E-state index contributed by atoms with van der Waals surface area (Å²) < 4.78 is 13.8. The highest BCUT2D eigenvalue weighted by molar-refractivity contribution is 7.16. The Balaban J connectivity index is 1.86. The van der Waals surface area contributed by atoms with Gasteiger partial charge >= 0.3 is 0 Å². The van der Waals surface area contributed by atoms with Gasteiger partial charge in [-0.25, -0.2) is 0 Å². The van der Waals surface area contributed by atoms with E-state index in [0.717, 1.165) is 16.0 Å². The summed E-state index contributed by atoms with van der Waals surface area (Å²) >= 11 is 1.36. The van der Waals surface area contributed by atoms with Crippen LogP contribution < -0.4 is 15.0 Å². The number of hydrogen-bond acceptors (Lipinski definition) is 5. The largest absolute Gasteiger partial charge is 0.492 e. The van der Waals surface area contributed by atoms with Crippen molar-refractivity contribution in [2.24, 2.45) is 12.0 Å². The molecule has 136 valence electrons. The first kappa shape index (κ1) is 17.2. The molecule has 0 bridgehead atoms. The van der Waals surface area contributed by atoms with E-state index in [9.17, 15) is 9.59 Å². The second-order valence-corrected chi connectivity index (χ2v) is 6.88. The van der Waals surface area contributed by atoms with Gasteiger partial charge in [0.1, 0.15) is 28.7 Å². The van der Waals surface area contributed by atoms with Gasteiger partial charge in [-0.1, -0.05) is 29.5 Å². The van der Waals surface area contributed by atoms with E-state index < -0.39 is 5.91 Å². The normalized spacial score (nSPS) is 12.0. The van der Waals surface area contributed by atoms with Crippen LogP contribution in [0.5, 0.6) is 5.75 Å². The maximum Gasteiger partial charge on any atom is 0.286 e. The van der Waals surface area contributed by atoms with Crippen LogP contribution in [-0.4, -0.2) is 17.1 Å². The van der Waals surface area contributed by atoms with Crippen LogP contribution in [0.1, 0.15) is 17.3 Å². The Hall–Kier alpha value is -3.19. The number of benzene rings is 2. The molecule has 0 fully saturated rings. The number of thiazole rings is 1. The highest BCUT2D eigenvalue weighted by atomic mass is 32.1. The lowest BCUT2D eigenvalue weighted by molar-refractivity contribution is 0.0995. The molecule has 4 rings (SSSR count). The number of rotatable bonds is 3. The van der Waals surface area contributed by atoms with Gasteiger partial charge in [-0.05, 0) is 31.2 Å². The van der Waals surface area contributed by atoms with Crippen LogP contribution in [0.15, 0.2) is 62.9 Å². The quantitative estimate of drug-likeness (QED) is 0.545. The summed E-state index contributed by atoms with van der Waals surface area (Å²) in [5.74, 6) is 0.0995. The molecule has 0 saturated heterocycles. The summed E-state index contributed by atoms with van der Waals surface area (Å²) in [6.45, 7) is 2.46. The zero-order valence-electron chi connectivity index (χ0n) is 14.8. The molecule has 0 saturated carbocycles. The summed E-state index contributed by atoms with van der Waals surface area (Å²) in [5.41, 5.74) is 0.829. The van der Waals surface area contributed by atoms with Crippen LogP contribution >= 0.6 is 11.3 Å². The van der Waals surface area contributed by atoms with Crippen molar-refractivity contribution < 1.29 is 13.9 Å². The first-order chi connectivity index (χ1) is 13.1. The second kappa shape index (κ2) is 6.85. The highest BCUT2D eigenvalue weighted by Crippen LogP contribution is 2.26. The number of hydrogen-bond donors (Lipinski definition) is 0. The van der Waals surface area contributed by atoms with Crippen molar-refractivity contribution in [3.05, 3.63) is 69.3 Å². The third-order valence-electron chi connectivity index (χ3n) is 4.19. The molecule has 0 atom stereocenters. The fraction of sp³-hybridized carbons (Fsp3) is 0.150. The number of aromatic nitrogens is 1. The van der Waals surface area contributed by atoms with Gasteiger partial charge in [-0.3, -0.25) is 9.59 Å². The molecular formula is C20H16N2O4S. The Bertz CT molecular complexity index is 1300. The smallest absolute Gasteiger partial charge is 0.286 e. The standard InChI is InChI=1S/C20H16N2O4S/c1-3-25-15-9-6-10-16-17(15)22(2)20(27-16)21-19(24)13-11-26-14-8-5-4-7-12(14)18(13)23/h4-11H,3H2,1-2H3. The van der Waals surface area contributed by atoms with Crippen molar-refractivity contribution in [1.82, 2.24) is 4.57 Å². The third-order valence-corrected chi connectivity index (χ3v) is 5.29. The minimum atomic E-state index is -0.630. The van der Waals surface area contributed by atoms with Crippen LogP contribution in [-0.2, 0) is 7.05 Å². The monoisotopic (exact) mass is 380 g/mol. The van der Waals surface area contributed by atoms with E-state index in [2.05, 4.69) is 4.99 Å². The van der Waals surface area contributed by atoms with Gasteiger partial charge in [0.15, 0.2) is 4.80 Å². The Morgan fingerprint density at radius 3 is 2.85 bits per heavy atom. The lowest BCUT2D eigenvalue weighted by Crippen LogP contribution is -2.18. The van der Waals surface area contributed by atoms with Gasteiger partial charge in [0.2, 0.25) is 5.43 Å². The van der Waals surface area contributed by atoms with E-state index in [0.29, 0.717) is 22.4 Å². The van der Waals surface area contributed by atoms with E-state index in [1.807, 2.05) is 32.2 Å². The molecule has 0 radical (unpaired) electrons. The first-order valence-electron chi connectivity index (χ1n) is 8.41. The molecular weight excluding hydrogens is 364 g/mol. The summed E-state index contributed by atoms with van der Waals surface area (Å²) in [5, 5.41) is 0.359. The van der Waals surface area contributed by atoms with Gasteiger partial charge in [0.25, 0.3) is 5.91 Å². The number of aryl methyl sites for hydroxylation is 1. The Morgan fingerprint density at radius 2 is 2.04 bits per heavy atom. The number of nitrogens with zero attached hydrogens (tertiary/aromatic N) is 2. The minimum Gasteiger partial charge on any atom is -0.492 e. The number of carbonyl (C=O) groups excluding carboxylic acids is 1. The zero-order chi connectivity index (χ0) is 19.0. The van der Waals surface area contributed by atoms with Gasteiger partial charge in [0.05, 0.1) is 16.7 Å². The van der Waals surface area contributed by atoms with Crippen molar-refractivity contribution in [1.29, 1.82) is 0 Å². The molecule has 27 heavy (non-hydrogen) atoms. The molecule has 0 N–H and O–H groups in total. The number of carbonyl (C=O) groups is 1. The fourth-order valence-electron chi connectivity index (χ4n) is 2.92. The van der Waals surface area contributed by atoms with Crippen LogP contribution in [0.3, 0.4) is 0 Å². The molecule has 7 heteroatoms. The zero-order valence-corrected chi connectivity index (χ0v) is 15.6. The molecule has 2 heterocycles. The maximum absolute atomic E-state index is 12.7. The Kier molecular flexibility index (Phi) is 4.37. The van der Waals surface area contributed by atoms with Crippen LogP contribution in [0.25, 0.3) is 21.2 Å².